The molecular weight excluding hydrogens is 609 g/mol. The Morgan fingerprint density at radius 3 is 0.917 bits per heavy atom. The molecule has 7 aromatic rings. The fourth-order valence-corrected chi connectivity index (χ4v) is 13.6. The van der Waals surface area contributed by atoms with Crippen molar-refractivity contribution in [3.05, 3.63) is 145 Å². The van der Waals surface area contributed by atoms with Gasteiger partial charge in [0, 0.05) is 11.1 Å². The van der Waals surface area contributed by atoms with Crippen LogP contribution in [0.15, 0.2) is 133 Å². The maximum Gasteiger partial charge on any atom is 0.168 e. The fourth-order valence-electron chi connectivity index (χ4n) is 7.56. The third-order valence-electron chi connectivity index (χ3n) is 10.8. The number of benzene rings is 7. The van der Waals surface area contributed by atoms with Crippen LogP contribution in [0.4, 0.5) is 0 Å². The molecule has 0 atom stereocenters. The van der Waals surface area contributed by atoms with E-state index in [1.165, 1.54) is 53.5 Å². The Morgan fingerprint density at radius 2 is 0.646 bits per heavy atom. The molecule has 0 saturated carbocycles. The zero-order chi connectivity index (χ0) is 33.1. The minimum Gasteiger partial charge on any atom is -0.120 e. The summed E-state index contributed by atoms with van der Waals surface area (Å²) in [4.78, 5) is 0. The minimum absolute atomic E-state index is 1.09. The lowest BCUT2D eigenvalue weighted by molar-refractivity contribution is 1.30. The highest BCUT2D eigenvalue weighted by Crippen LogP contribution is 2.37. The number of fused-ring (bicyclic) bond motifs is 4. The first-order valence-electron chi connectivity index (χ1n) is 17.5. The molecule has 0 fully saturated rings. The van der Waals surface area contributed by atoms with Crippen molar-refractivity contribution >= 4 is 69.6 Å². The maximum atomic E-state index is 4.02. The second-order valence-corrected chi connectivity index (χ2v) is 21.9. The maximum absolute atomic E-state index is 4.02. The summed E-state index contributed by atoms with van der Waals surface area (Å²) in [6, 6.07) is 53.4. The lowest BCUT2D eigenvalue weighted by Crippen LogP contribution is -2.45. The van der Waals surface area contributed by atoms with Crippen molar-refractivity contribution in [1.29, 1.82) is 0 Å². The van der Waals surface area contributed by atoms with Crippen molar-refractivity contribution in [3.63, 3.8) is 0 Å². The second-order valence-electron chi connectivity index (χ2n) is 13.1. The van der Waals surface area contributed by atoms with E-state index in [1.807, 2.05) is 0 Å². The Labute approximate surface area is 287 Å². The summed E-state index contributed by atoms with van der Waals surface area (Å²) in [5, 5.41) is 12.6. The van der Waals surface area contributed by atoms with E-state index in [1.54, 1.807) is 0 Å². The highest BCUT2D eigenvalue weighted by molar-refractivity contribution is 6.98. The van der Waals surface area contributed by atoms with Gasteiger partial charge < -0.3 is 0 Å². The monoisotopic (exact) mass is 650 g/mol. The Bertz CT molecular complexity index is 2130. The summed E-state index contributed by atoms with van der Waals surface area (Å²) in [5.74, 6) is 7.84. The van der Waals surface area contributed by atoms with Gasteiger partial charge in [0.05, 0.1) is 0 Å². The zero-order valence-corrected chi connectivity index (χ0v) is 30.5. The summed E-state index contributed by atoms with van der Waals surface area (Å²) in [7, 11) is -4.14. The van der Waals surface area contributed by atoms with Crippen LogP contribution in [0.3, 0.4) is 0 Å². The highest BCUT2D eigenvalue weighted by Gasteiger charge is 2.31. The molecule has 0 unspecified atom stereocenters. The lowest BCUT2D eigenvalue weighted by atomic mass is 9.89. The normalized spacial score (nSPS) is 11.8. The van der Waals surface area contributed by atoms with Gasteiger partial charge in [-0.3, -0.25) is 0 Å². The molecule has 0 radical (unpaired) electrons. The van der Waals surface area contributed by atoms with Crippen LogP contribution in [0.5, 0.6) is 0 Å². The minimum atomic E-state index is -2.07. The fraction of sp³-hybridized carbons (Fsp3) is 0.174. The average Bonchev–Trinajstić information content (AvgIpc) is 3.15. The van der Waals surface area contributed by atoms with Crippen molar-refractivity contribution in [2.45, 2.75) is 51.9 Å². The van der Waals surface area contributed by atoms with Gasteiger partial charge in [-0.25, -0.2) is 0 Å². The smallest absolute Gasteiger partial charge is 0.120 e. The van der Waals surface area contributed by atoms with E-state index in [-0.39, 0.29) is 0 Å². The van der Waals surface area contributed by atoms with Gasteiger partial charge in [0.15, 0.2) is 16.1 Å². The van der Waals surface area contributed by atoms with E-state index < -0.39 is 16.1 Å². The van der Waals surface area contributed by atoms with Crippen LogP contribution in [-0.4, -0.2) is 16.1 Å². The molecule has 48 heavy (non-hydrogen) atoms. The molecule has 0 spiro atoms. The third-order valence-corrected chi connectivity index (χ3v) is 19.7. The van der Waals surface area contributed by atoms with Crippen LogP contribution in [-0.2, 0) is 0 Å². The first-order chi connectivity index (χ1) is 23.5. The van der Waals surface area contributed by atoms with E-state index in [2.05, 4.69) is 184 Å². The number of hydrogen-bond donors (Lipinski definition) is 0. The largest absolute Gasteiger partial charge is 0.168 e. The molecule has 7 rings (SSSR count). The van der Waals surface area contributed by atoms with Crippen LogP contribution >= 0.6 is 0 Å². The van der Waals surface area contributed by atoms with Gasteiger partial charge in [-0.2, -0.15) is 0 Å². The van der Waals surface area contributed by atoms with E-state index in [9.17, 15) is 0 Å². The zero-order valence-electron chi connectivity index (χ0n) is 28.5. The Morgan fingerprint density at radius 1 is 0.375 bits per heavy atom. The Balaban J connectivity index is 1.61. The van der Waals surface area contributed by atoms with E-state index in [0.29, 0.717) is 0 Å². The molecular formula is C46H42Si2. The molecule has 0 heterocycles. The summed E-state index contributed by atoms with van der Waals surface area (Å²) >= 11 is 0. The summed E-state index contributed by atoms with van der Waals surface area (Å²) in [6.45, 7) is 9.32. The molecule has 0 N–H and O–H groups in total. The second kappa shape index (κ2) is 13.3. The molecule has 0 saturated heterocycles. The van der Waals surface area contributed by atoms with Gasteiger partial charge >= 0.3 is 0 Å². The summed E-state index contributed by atoms with van der Waals surface area (Å²) < 4.78 is 0. The van der Waals surface area contributed by atoms with Crippen molar-refractivity contribution in [3.8, 4) is 22.9 Å². The first-order valence-corrected chi connectivity index (χ1v) is 22.4. The van der Waals surface area contributed by atoms with Crippen molar-refractivity contribution < 1.29 is 0 Å². The average molecular weight is 651 g/mol. The molecule has 0 aliphatic rings. The Kier molecular flexibility index (Phi) is 8.81. The van der Waals surface area contributed by atoms with E-state index >= 15 is 0 Å². The summed E-state index contributed by atoms with van der Waals surface area (Å²) in [6.07, 6.45) is 0. The summed E-state index contributed by atoms with van der Waals surface area (Å²) in [5.41, 5.74) is 10.3. The van der Waals surface area contributed by atoms with Gasteiger partial charge in [0.2, 0.25) is 0 Å². The molecule has 2 heteroatoms. The highest BCUT2D eigenvalue weighted by atomic mass is 28.3. The standard InChI is InChI=1S/C46H42Si2/c1-5-47(6-2,39-23-11-9-12-24-39)29-27-41-43-31-35-19-15-17-21-37(35)33-45(43)42(46-34-38-22-18-16-20-36(38)32-44(41)46)28-30-48(7-3,8-4)40-25-13-10-14-26-40/h9-26,31-34H,5-8H2,1-4H3. The quantitative estimate of drug-likeness (QED) is 0.0954. The molecule has 0 nitrogen and oxygen atoms in total. The van der Waals surface area contributed by atoms with Crippen LogP contribution in [0.2, 0.25) is 24.2 Å². The van der Waals surface area contributed by atoms with E-state index in [0.717, 1.165) is 35.3 Å². The van der Waals surface area contributed by atoms with Crippen LogP contribution in [0, 0.1) is 22.9 Å². The molecule has 0 aromatic heterocycles. The molecule has 234 valence electrons. The molecule has 7 aromatic carbocycles. The SMILES string of the molecule is CC[Si](C#Cc1c2cc3ccccc3cc2c(C#C[Si](CC)(CC)c2ccccc2)c2cc3ccccc3cc12)(CC)c1ccccc1. The van der Waals surface area contributed by atoms with E-state index in [4.69, 9.17) is 0 Å². The van der Waals surface area contributed by atoms with Gasteiger partial charge in [0.1, 0.15) is 0 Å². The first kappa shape index (κ1) is 31.7. The van der Waals surface area contributed by atoms with Gasteiger partial charge in [-0.05, 0) is 102 Å². The Hall–Kier alpha value is -4.87. The van der Waals surface area contributed by atoms with Gasteiger partial charge in [-0.1, -0.05) is 149 Å². The molecule has 0 bridgehead atoms. The predicted octanol–water partition coefficient (Wildman–Crippen LogP) is 10.9. The molecule has 0 aliphatic carbocycles. The van der Waals surface area contributed by atoms with Crippen molar-refractivity contribution in [1.82, 2.24) is 0 Å². The lowest BCUT2D eigenvalue weighted by Gasteiger charge is -2.24. The molecule has 0 amide bonds. The predicted molar refractivity (Wildman–Crippen MR) is 216 cm³/mol. The van der Waals surface area contributed by atoms with Crippen LogP contribution < -0.4 is 10.4 Å². The topological polar surface area (TPSA) is 0 Å². The van der Waals surface area contributed by atoms with Gasteiger partial charge in [0.25, 0.3) is 0 Å². The number of hydrogen-bond acceptors (Lipinski definition) is 0. The van der Waals surface area contributed by atoms with Crippen molar-refractivity contribution in [2.24, 2.45) is 0 Å². The van der Waals surface area contributed by atoms with Crippen LogP contribution in [0.1, 0.15) is 38.8 Å². The van der Waals surface area contributed by atoms with Crippen LogP contribution in [0.25, 0.3) is 43.1 Å². The van der Waals surface area contributed by atoms with Crippen molar-refractivity contribution in [2.75, 3.05) is 0 Å². The molecule has 0 aliphatic heterocycles. The number of rotatable bonds is 6. The van der Waals surface area contributed by atoms with Gasteiger partial charge in [-0.15, -0.1) is 11.1 Å². The third kappa shape index (κ3) is 5.56.